The van der Waals surface area contributed by atoms with Crippen molar-refractivity contribution in [3.8, 4) is 0 Å². The second-order valence-electron chi connectivity index (χ2n) is 6.50. The SMILES string of the molecule is CCc1ccc(Nc2ncc3cc(C=O)n(C4CCCC4)c3n2)nc1. The molecule has 1 fully saturated rings. The van der Waals surface area contributed by atoms with E-state index in [4.69, 9.17) is 0 Å². The molecule has 1 aliphatic rings. The monoisotopic (exact) mass is 335 g/mol. The zero-order chi connectivity index (χ0) is 17.2. The molecular formula is C19H21N5O. The minimum Gasteiger partial charge on any atom is -0.320 e. The Labute approximate surface area is 146 Å². The van der Waals surface area contributed by atoms with Crippen molar-refractivity contribution in [2.75, 3.05) is 5.32 Å². The largest absolute Gasteiger partial charge is 0.320 e. The van der Waals surface area contributed by atoms with E-state index in [0.717, 1.165) is 36.6 Å². The maximum absolute atomic E-state index is 11.5. The molecule has 6 heteroatoms. The predicted octanol–water partition coefficient (Wildman–Crippen LogP) is 4.06. The van der Waals surface area contributed by atoms with Crippen molar-refractivity contribution in [2.45, 2.75) is 45.1 Å². The van der Waals surface area contributed by atoms with E-state index < -0.39 is 0 Å². The highest BCUT2D eigenvalue weighted by molar-refractivity contribution is 5.87. The van der Waals surface area contributed by atoms with Crippen LogP contribution in [0.1, 0.15) is 54.7 Å². The summed E-state index contributed by atoms with van der Waals surface area (Å²) in [5, 5.41) is 4.05. The van der Waals surface area contributed by atoms with Gasteiger partial charge in [-0.25, -0.2) is 9.97 Å². The average molecular weight is 335 g/mol. The molecule has 0 amide bonds. The van der Waals surface area contributed by atoms with Gasteiger partial charge in [0.1, 0.15) is 11.5 Å². The molecule has 3 aromatic heterocycles. The fraction of sp³-hybridized carbons (Fsp3) is 0.368. The fourth-order valence-corrected chi connectivity index (χ4v) is 3.55. The van der Waals surface area contributed by atoms with Crippen molar-refractivity contribution in [1.29, 1.82) is 0 Å². The lowest BCUT2D eigenvalue weighted by atomic mass is 10.2. The van der Waals surface area contributed by atoms with E-state index in [1.807, 2.05) is 24.4 Å². The van der Waals surface area contributed by atoms with E-state index in [1.54, 1.807) is 6.20 Å². The van der Waals surface area contributed by atoms with Crippen molar-refractivity contribution >= 4 is 29.1 Å². The number of carbonyl (C=O) groups excluding carboxylic acids is 1. The number of hydrogen-bond donors (Lipinski definition) is 1. The van der Waals surface area contributed by atoms with Crippen molar-refractivity contribution in [1.82, 2.24) is 19.5 Å². The van der Waals surface area contributed by atoms with Crippen LogP contribution in [0.3, 0.4) is 0 Å². The van der Waals surface area contributed by atoms with Crippen molar-refractivity contribution in [3.63, 3.8) is 0 Å². The number of pyridine rings is 1. The summed E-state index contributed by atoms with van der Waals surface area (Å²) < 4.78 is 2.08. The number of nitrogens with zero attached hydrogens (tertiary/aromatic N) is 4. The van der Waals surface area contributed by atoms with Crippen LogP contribution in [-0.4, -0.2) is 25.8 Å². The lowest BCUT2D eigenvalue weighted by Gasteiger charge is -2.15. The highest BCUT2D eigenvalue weighted by atomic mass is 16.1. The van der Waals surface area contributed by atoms with Gasteiger partial charge in [-0.05, 0) is 37.0 Å². The number of fused-ring (bicyclic) bond motifs is 1. The van der Waals surface area contributed by atoms with Crippen LogP contribution in [0.2, 0.25) is 0 Å². The molecule has 0 unspecified atom stereocenters. The molecule has 4 rings (SSSR count). The molecule has 0 aromatic carbocycles. The predicted molar refractivity (Wildman–Crippen MR) is 97.3 cm³/mol. The number of hydrogen-bond acceptors (Lipinski definition) is 5. The van der Waals surface area contributed by atoms with Gasteiger partial charge in [-0.1, -0.05) is 25.8 Å². The second kappa shape index (κ2) is 6.63. The van der Waals surface area contributed by atoms with Gasteiger partial charge in [-0.2, -0.15) is 4.98 Å². The number of nitrogens with one attached hydrogen (secondary N) is 1. The molecule has 0 spiro atoms. The molecule has 1 saturated carbocycles. The zero-order valence-electron chi connectivity index (χ0n) is 14.3. The van der Waals surface area contributed by atoms with Gasteiger partial charge in [0.25, 0.3) is 0 Å². The normalized spacial score (nSPS) is 14.9. The third-order valence-corrected chi connectivity index (χ3v) is 4.89. The molecule has 3 aromatic rings. The zero-order valence-corrected chi connectivity index (χ0v) is 14.3. The molecule has 25 heavy (non-hydrogen) atoms. The summed E-state index contributed by atoms with van der Waals surface area (Å²) >= 11 is 0. The summed E-state index contributed by atoms with van der Waals surface area (Å²) in [5.74, 6) is 1.21. The smallest absolute Gasteiger partial charge is 0.230 e. The van der Waals surface area contributed by atoms with Gasteiger partial charge in [-0.3, -0.25) is 4.79 Å². The highest BCUT2D eigenvalue weighted by Gasteiger charge is 2.22. The highest BCUT2D eigenvalue weighted by Crippen LogP contribution is 2.34. The molecule has 128 valence electrons. The average Bonchev–Trinajstić information content (AvgIpc) is 3.29. The van der Waals surface area contributed by atoms with Crippen LogP contribution in [0.5, 0.6) is 0 Å². The molecule has 0 bridgehead atoms. The first-order valence-electron chi connectivity index (χ1n) is 8.83. The van der Waals surface area contributed by atoms with Crippen molar-refractivity contribution in [3.05, 3.63) is 41.9 Å². The van der Waals surface area contributed by atoms with Gasteiger partial charge in [0, 0.05) is 23.8 Å². The number of aryl methyl sites for hydroxylation is 1. The van der Waals surface area contributed by atoms with Gasteiger partial charge in [0.2, 0.25) is 5.95 Å². The first-order chi connectivity index (χ1) is 12.3. The quantitative estimate of drug-likeness (QED) is 0.712. The maximum Gasteiger partial charge on any atom is 0.230 e. The lowest BCUT2D eigenvalue weighted by molar-refractivity contribution is 0.111. The Morgan fingerprint density at radius 3 is 2.76 bits per heavy atom. The number of aromatic nitrogens is 4. The number of rotatable bonds is 5. The molecule has 3 heterocycles. The number of aldehydes is 1. The van der Waals surface area contributed by atoms with E-state index in [9.17, 15) is 4.79 Å². The summed E-state index contributed by atoms with van der Waals surface area (Å²) in [4.78, 5) is 24.9. The third kappa shape index (κ3) is 2.99. The maximum atomic E-state index is 11.5. The minimum absolute atomic E-state index is 0.349. The summed E-state index contributed by atoms with van der Waals surface area (Å²) in [7, 11) is 0. The van der Waals surface area contributed by atoms with E-state index in [-0.39, 0.29) is 0 Å². The topological polar surface area (TPSA) is 72.7 Å². The second-order valence-corrected chi connectivity index (χ2v) is 6.50. The van der Waals surface area contributed by atoms with Crippen molar-refractivity contribution in [2.24, 2.45) is 0 Å². The molecule has 0 saturated heterocycles. The first-order valence-corrected chi connectivity index (χ1v) is 8.83. The van der Waals surface area contributed by atoms with E-state index >= 15 is 0 Å². The van der Waals surface area contributed by atoms with Crippen LogP contribution in [0.15, 0.2) is 30.6 Å². The summed E-state index contributed by atoms with van der Waals surface area (Å²) in [6.07, 6.45) is 10.1. The van der Waals surface area contributed by atoms with Crippen LogP contribution in [0.4, 0.5) is 11.8 Å². The van der Waals surface area contributed by atoms with Crippen LogP contribution in [-0.2, 0) is 6.42 Å². The molecule has 6 nitrogen and oxygen atoms in total. The molecule has 0 radical (unpaired) electrons. The number of carbonyl (C=O) groups is 1. The van der Waals surface area contributed by atoms with Crippen molar-refractivity contribution < 1.29 is 4.79 Å². The fourth-order valence-electron chi connectivity index (χ4n) is 3.55. The summed E-state index contributed by atoms with van der Waals surface area (Å²) in [5.41, 5.74) is 2.68. The molecule has 0 aliphatic heterocycles. The Morgan fingerprint density at radius 2 is 2.08 bits per heavy atom. The summed E-state index contributed by atoms with van der Waals surface area (Å²) in [6, 6.07) is 6.19. The van der Waals surface area contributed by atoms with E-state index in [1.165, 1.54) is 18.4 Å². The molecule has 0 atom stereocenters. The van der Waals surface area contributed by atoms with Crippen LogP contribution in [0.25, 0.3) is 11.0 Å². The van der Waals surface area contributed by atoms with Crippen LogP contribution in [0, 0.1) is 0 Å². The summed E-state index contributed by atoms with van der Waals surface area (Å²) in [6.45, 7) is 2.10. The van der Waals surface area contributed by atoms with Gasteiger partial charge in [-0.15, -0.1) is 0 Å². The van der Waals surface area contributed by atoms with E-state index in [2.05, 4.69) is 31.8 Å². The Hall–Kier alpha value is -2.76. The Balaban J connectivity index is 1.70. The standard InChI is InChI=1S/C19H21N5O/c1-2-13-7-8-17(20-10-13)22-19-21-11-14-9-16(12-25)24(18(14)23-19)15-5-3-4-6-15/h7-12,15H,2-6H2,1H3,(H,20,21,22,23). The molecule has 1 N–H and O–H groups in total. The van der Waals surface area contributed by atoms with Gasteiger partial charge < -0.3 is 9.88 Å². The van der Waals surface area contributed by atoms with E-state index in [0.29, 0.717) is 23.5 Å². The lowest BCUT2D eigenvalue weighted by Crippen LogP contribution is -2.09. The number of anilines is 2. The Bertz CT molecular complexity index is 894. The Kier molecular flexibility index (Phi) is 4.17. The Morgan fingerprint density at radius 1 is 1.24 bits per heavy atom. The molecule has 1 aliphatic carbocycles. The molecular weight excluding hydrogens is 314 g/mol. The minimum atomic E-state index is 0.349. The van der Waals surface area contributed by atoms with Gasteiger partial charge >= 0.3 is 0 Å². The van der Waals surface area contributed by atoms with Crippen LogP contribution < -0.4 is 5.32 Å². The van der Waals surface area contributed by atoms with Gasteiger partial charge in [0.15, 0.2) is 6.29 Å². The van der Waals surface area contributed by atoms with Crippen LogP contribution >= 0.6 is 0 Å². The van der Waals surface area contributed by atoms with Gasteiger partial charge in [0.05, 0.1) is 5.69 Å². The third-order valence-electron chi connectivity index (χ3n) is 4.89. The first kappa shape index (κ1) is 15.7.